The van der Waals surface area contributed by atoms with Gasteiger partial charge in [0.2, 0.25) is 0 Å². The minimum absolute atomic E-state index is 0.0486. The van der Waals surface area contributed by atoms with Crippen LogP contribution in [0.5, 0.6) is 0 Å². The molecule has 0 bridgehead atoms. The van der Waals surface area contributed by atoms with Gasteiger partial charge in [0.25, 0.3) is 5.91 Å². The highest BCUT2D eigenvalue weighted by Crippen LogP contribution is 2.23. The topological polar surface area (TPSA) is 78.5 Å². The van der Waals surface area contributed by atoms with Crippen molar-refractivity contribution >= 4 is 17.9 Å². The molecule has 128 valence electrons. The summed E-state index contributed by atoms with van der Waals surface area (Å²) in [5.41, 5.74) is 0.0486. The zero-order chi connectivity index (χ0) is 16.8. The zero-order valence-corrected chi connectivity index (χ0v) is 13.8. The summed E-state index contributed by atoms with van der Waals surface area (Å²) < 4.78 is 11.2. The molecule has 6 nitrogen and oxygen atoms in total. The fraction of sp³-hybridized carbons (Fsp3) is 0.556. The van der Waals surface area contributed by atoms with Crippen molar-refractivity contribution in [3.05, 3.63) is 23.5 Å². The van der Waals surface area contributed by atoms with E-state index >= 15 is 0 Å². The van der Waals surface area contributed by atoms with Gasteiger partial charge in [0.15, 0.2) is 5.88 Å². The van der Waals surface area contributed by atoms with Crippen LogP contribution in [0.15, 0.2) is 22.1 Å². The fourth-order valence-corrected chi connectivity index (χ4v) is 3.10. The van der Waals surface area contributed by atoms with Gasteiger partial charge in [-0.1, -0.05) is 0 Å². The van der Waals surface area contributed by atoms with Crippen molar-refractivity contribution in [3.63, 3.8) is 0 Å². The van der Waals surface area contributed by atoms with Crippen LogP contribution in [0.4, 0.5) is 5.88 Å². The Morgan fingerprint density at radius 3 is 2.88 bits per heavy atom. The monoisotopic (exact) mass is 329 g/mol. The number of carbonyl (C=O) groups is 1. The molecular formula is C18H23N3O3. The first-order valence-electron chi connectivity index (χ1n) is 8.62. The largest absolute Gasteiger partial charge is 0.441 e. The maximum atomic E-state index is 12.1. The molecule has 0 saturated carbocycles. The van der Waals surface area contributed by atoms with Crippen LogP contribution in [0.3, 0.4) is 0 Å². The number of amides is 1. The number of nitriles is 1. The van der Waals surface area contributed by atoms with Crippen molar-refractivity contribution in [2.24, 2.45) is 0 Å². The van der Waals surface area contributed by atoms with Gasteiger partial charge >= 0.3 is 0 Å². The van der Waals surface area contributed by atoms with Crippen LogP contribution in [0, 0.1) is 11.3 Å². The van der Waals surface area contributed by atoms with E-state index in [0.29, 0.717) is 12.3 Å². The summed E-state index contributed by atoms with van der Waals surface area (Å²) in [5.74, 6) is 0.946. The molecule has 2 aliphatic rings. The molecule has 1 N–H and O–H groups in total. The molecule has 1 atom stereocenters. The van der Waals surface area contributed by atoms with Crippen LogP contribution in [0.25, 0.3) is 6.08 Å². The molecule has 2 saturated heterocycles. The lowest BCUT2D eigenvalue weighted by Crippen LogP contribution is -2.32. The minimum atomic E-state index is -0.385. The molecule has 0 aromatic carbocycles. The van der Waals surface area contributed by atoms with E-state index in [2.05, 4.69) is 10.2 Å². The van der Waals surface area contributed by atoms with E-state index in [1.165, 1.54) is 25.3 Å². The molecule has 24 heavy (non-hydrogen) atoms. The molecule has 2 aliphatic heterocycles. The van der Waals surface area contributed by atoms with Crippen LogP contribution < -0.4 is 10.2 Å². The first-order valence-corrected chi connectivity index (χ1v) is 8.62. The maximum Gasteiger partial charge on any atom is 0.262 e. The summed E-state index contributed by atoms with van der Waals surface area (Å²) in [6, 6.07) is 5.65. The number of hydrogen-bond donors (Lipinski definition) is 1. The Hall–Kier alpha value is -2.26. The van der Waals surface area contributed by atoms with Gasteiger partial charge in [-0.3, -0.25) is 4.79 Å². The number of carbonyl (C=O) groups excluding carboxylic acids is 1. The van der Waals surface area contributed by atoms with E-state index in [0.717, 1.165) is 38.4 Å². The third-order valence-electron chi connectivity index (χ3n) is 4.45. The molecule has 0 radical (unpaired) electrons. The molecule has 0 aliphatic carbocycles. The number of furan rings is 1. The Morgan fingerprint density at radius 2 is 2.17 bits per heavy atom. The van der Waals surface area contributed by atoms with E-state index in [1.54, 1.807) is 6.07 Å². The molecular weight excluding hydrogens is 306 g/mol. The third-order valence-corrected chi connectivity index (χ3v) is 4.45. The normalized spacial score (nSPS) is 21.5. The molecule has 3 rings (SSSR count). The first kappa shape index (κ1) is 16.6. The molecule has 1 aromatic heterocycles. The van der Waals surface area contributed by atoms with Gasteiger partial charge in [-0.15, -0.1) is 0 Å². The van der Waals surface area contributed by atoms with Crippen LogP contribution in [-0.2, 0) is 9.53 Å². The number of hydrogen-bond acceptors (Lipinski definition) is 5. The number of ether oxygens (including phenoxy) is 1. The van der Waals surface area contributed by atoms with E-state index in [1.807, 2.05) is 12.1 Å². The smallest absolute Gasteiger partial charge is 0.262 e. The lowest BCUT2D eigenvalue weighted by molar-refractivity contribution is -0.117. The second-order valence-corrected chi connectivity index (χ2v) is 6.24. The number of nitrogens with one attached hydrogen (secondary N) is 1. The number of anilines is 1. The van der Waals surface area contributed by atoms with Gasteiger partial charge in [-0.25, -0.2) is 0 Å². The fourth-order valence-electron chi connectivity index (χ4n) is 3.10. The quantitative estimate of drug-likeness (QED) is 0.663. The van der Waals surface area contributed by atoms with E-state index < -0.39 is 0 Å². The first-order chi connectivity index (χ1) is 11.8. The van der Waals surface area contributed by atoms with Crippen molar-refractivity contribution in [3.8, 4) is 6.07 Å². The lowest BCUT2D eigenvalue weighted by Gasteiger charge is -2.25. The van der Waals surface area contributed by atoms with Crippen molar-refractivity contribution in [1.29, 1.82) is 5.26 Å². The highest BCUT2D eigenvalue weighted by molar-refractivity contribution is 6.01. The molecule has 3 heterocycles. The Bertz CT molecular complexity index is 632. The molecule has 2 fully saturated rings. The Morgan fingerprint density at radius 1 is 1.33 bits per heavy atom. The summed E-state index contributed by atoms with van der Waals surface area (Å²) in [6.07, 6.45) is 7.12. The SMILES string of the molecule is N#CC(=Cc1ccc(N2CCCCC2)o1)C(=O)NCC1CCCO1. The van der Waals surface area contributed by atoms with Crippen LogP contribution in [0.2, 0.25) is 0 Å². The van der Waals surface area contributed by atoms with Crippen LogP contribution >= 0.6 is 0 Å². The highest BCUT2D eigenvalue weighted by Gasteiger charge is 2.18. The van der Waals surface area contributed by atoms with Crippen molar-refractivity contribution in [2.45, 2.75) is 38.2 Å². The second kappa shape index (κ2) is 8.02. The van der Waals surface area contributed by atoms with Gasteiger partial charge in [0, 0.05) is 38.4 Å². The van der Waals surface area contributed by atoms with Gasteiger partial charge in [-0.2, -0.15) is 5.26 Å². The number of nitrogens with zero attached hydrogens (tertiary/aromatic N) is 2. The summed E-state index contributed by atoms with van der Waals surface area (Å²) in [4.78, 5) is 14.3. The zero-order valence-electron chi connectivity index (χ0n) is 13.8. The summed E-state index contributed by atoms with van der Waals surface area (Å²) in [7, 11) is 0. The van der Waals surface area contributed by atoms with Gasteiger partial charge < -0.3 is 19.4 Å². The van der Waals surface area contributed by atoms with Crippen molar-refractivity contribution < 1.29 is 13.9 Å². The summed E-state index contributed by atoms with van der Waals surface area (Å²) >= 11 is 0. The average molecular weight is 329 g/mol. The van der Waals surface area contributed by atoms with E-state index in [4.69, 9.17) is 9.15 Å². The van der Waals surface area contributed by atoms with Crippen molar-refractivity contribution in [2.75, 3.05) is 31.1 Å². The van der Waals surface area contributed by atoms with Gasteiger partial charge in [-0.05, 0) is 38.2 Å². The standard InChI is InChI=1S/C18H23N3O3/c19-12-14(18(22)20-13-16-5-4-10-23-16)11-15-6-7-17(24-15)21-8-2-1-3-9-21/h6-7,11,16H,1-5,8-10,13H2,(H,20,22). The summed E-state index contributed by atoms with van der Waals surface area (Å²) in [5, 5.41) is 12.0. The molecule has 1 amide bonds. The third kappa shape index (κ3) is 4.18. The van der Waals surface area contributed by atoms with Crippen molar-refractivity contribution in [1.82, 2.24) is 5.32 Å². The van der Waals surface area contributed by atoms with Gasteiger partial charge in [0.05, 0.1) is 6.10 Å². The Labute approximate surface area is 142 Å². The predicted octanol–water partition coefficient (Wildman–Crippen LogP) is 2.47. The Kier molecular flexibility index (Phi) is 5.55. The highest BCUT2D eigenvalue weighted by atomic mass is 16.5. The lowest BCUT2D eigenvalue weighted by atomic mass is 10.1. The van der Waals surface area contributed by atoms with E-state index in [-0.39, 0.29) is 17.6 Å². The second-order valence-electron chi connectivity index (χ2n) is 6.24. The van der Waals surface area contributed by atoms with E-state index in [9.17, 15) is 10.1 Å². The summed E-state index contributed by atoms with van der Waals surface area (Å²) in [6.45, 7) is 3.16. The van der Waals surface area contributed by atoms with Crippen LogP contribution in [0.1, 0.15) is 37.9 Å². The molecule has 1 unspecified atom stereocenters. The van der Waals surface area contributed by atoms with Gasteiger partial charge in [0.1, 0.15) is 17.4 Å². The Balaban J connectivity index is 1.60. The molecule has 6 heteroatoms. The number of piperidine rings is 1. The average Bonchev–Trinajstić information content (AvgIpc) is 3.30. The molecule has 0 spiro atoms. The predicted molar refractivity (Wildman–Crippen MR) is 90.3 cm³/mol. The van der Waals surface area contributed by atoms with Crippen LogP contribution in [-0.4, -0.2) is 38.3 Å². The molecule has 1 aromatic rings. The number of rotatable bonds is 5. The maximum absolute atomic E-state index is 12.1. The minimum Gasteiger partial charge on any atom is -0.441 e.